The molecule has 0 heterocycles. The Morgan fingerprint density at radius 3 is 1.94 bits per heavy atom. The molecule has 0 aliphatic carbocycles. The average Bonchev–Trinajstić information content (AvgIpc) is 2.27. The molecular formula is C14H22O2. The van der Waals surface area contributed by atoms with Crippen LogP contribution in [0.1, 0.15) is 43.0 Å². The number of aromatic hydroxyl groups is 1. The lowest BCUT2D eigenvalue weighted by molar-refractivity contribution is 0.332. The maximum absolute atomic E-state index is 10.1. The lowest BCUT2D eigenvalue weighted by atomic mass is 9.94. The summed E-state index contributed by atoms with van der Waals surface area (Å²) in [5.41, 5.74) is 4.20. The zero-order valence-corrected chi connectivity index (χ0v) is 11.0. The molecule has 2 nitrogen and oxygen atoms in total. The monoisotopic (exact) mass is 222 g/mol. The van der Waals surface area contributed by atoms with Gasteiger partial charge in [0.15, 0.2) is 0 Å². The van der Waals surface area contributed by atoms with E-state index in [1.807, 2.05) is 20.8 Å². The van der Waals surface area contributed by atoms with Gasteiger partial charge in [-0.05, 0) is 44.7 Å². The number of phenolic OH excluding ortho intramolecular Hbond substituents is 1. The third-order valence-corrected chi connectivity index (χ3v) is 3.16. The van der Waals surface area contributed by atoms with Crippen molar-refractivity contribution in [1.82, 2.24) is 0 Å². The van der Waals surface area contributed by atoms with Gasteiger partial charge in [0.25, 0.3) is 0 Å². The number of benzene rings is 1. The van der Waals surface area contributed by atoms with Crippen molar-refractivity contribution in [3.8, 4) is 11.5 Å². The molecule has 1 aromatic rings. The van der Waals surface area contributed by atoms with E-state index >= 15 is 0 Å². The van der Waals surface area contributed by atoms with E-state index < -0.39 is 0 Å². The van der Waals surface area contributed by atoms with Crippen LogP contribution in [0.5, 0.6) is 11.5 Å². The highest BCUT2D eigenvalue weighted by Gasteiger charge is 2.17. The SMILES string of the molecule is CCOc1c(C)c(CC)c(O)c(C)c1CC. The first-order valence-electron chi connectivity index (χ1n) is 6.04. The Balaban J connectivity index is 3.50. The van der Waals surface area contributed by atoms with Crippen molar-refractivity contribution in [1.29, 1.82) is 0 Å². The first-order valence-corrected chi connectivity index (χ1v) is 6.04. The summed E-state index contributed by atoms with van der Waals surface area (Å²) in [5.74, 6) is 1.41. The van der Waals surface area contributed by atoms with Crippen LogP contribution in [0.3, 0.4) is 0 Å². The molecule has 2 heteroatoms. The van der Waals surface area contributed by atoms with Crippen molar-refractivity contribution in [3.05, 3.63) is 22.3 Å². The molecule has 0 amide bonds. The Bertz CT molecular complexity index is 381. The zero-order chi connectivity index (χ0) is 12.3. The molecule has 0 aliphatic heterocycles. The largest absolute Gasteiger partial charge is 0.507 e. The van der Waals surface area contributed by atoms with E-state index in [1.54, 1.807) is 0 Å². The Labute approximate surface area is 98.3 Å². The Kier molecular flexibility index (Phi) is 4.22. The van der Waals surface area contributed by atoms with E-state index in [4.69, 9.17) is 4.74 Å². The standard InChI is InChI=1S/C14H22O2/c1-6-11-10(5)14(16-8-3)12(7-2)9(4)13(11)15/h15H,6-8H2,1-5H3. The van der Waals surface area contributed by atoms with E-state index in [1.165, 1.54) is 0 Å². The lowest BCUT2D eigenvalue weighted by Gasteiger charge is -2.19. The number of ether oxygens (including phenoxy) is 1. The van der Waals surface area contributed by atoms with Crippen molar-refractivity contribution in [3.63, 3.8) is 0 Å². The zero-order valence-electron chi connectivity index (χ0n) is 11.0. The molecule has 0 saturated carbocycles. The maximum atomic E-state index is 10.1. The molecule has 0 unspecified atom stereocenters. The van der Waals surface area contributed by atoms with Crippen LogP contribution in [0, 0.1) is 13.8 Å². The van der Waals surface area contributed by atoms with Gasteiger partial charge < -0.3 is 9.84 Å². The van der Waals surface area contributed by atoms with Gasteiger partial charge in [0.2, 0.25) is 0 Å². The summed E-state index contributed by atoms with van der Waals surface area (Å²) < 4.78 is 5.73. The summed E-state index contributed by atoms with van der Waals surface area (Å²) in [6.45, 7) is 10.8. The minimum absolute atomic E-state index is 0.445. The highest BCUT2D eigenvalue weighted by atomic mass is 16.5. The molecule has 16 heavy (non-hydrogen) atoms. The molecule has 0 bridgehead atoms. The van der Waals surface area contributed by atoms with E-state index in [-0.39, 0.29) is 0 Å². The second-order valence-corrected chi connectivity index (χ2v) is 4.02. The first kappa shape index (κ1) is 12.9. The summed E-state index contributed by atoms with van der Waals surface area (Å²) in [7, 11) is 0. The van der Waals surface area contributed by atoms with Crippen molar-refractivity contribution in [2.24, 2.45) is 0 Å². The fraction of sp³-hybridized carbons (Fsp3) is 0.571. The Morgan fingerprint density at radius 2 is 1.50 bits per heavy atom. The van der Waals surface area contributed by atoms with Gasteiger partial charge in [0.1, 0.15) is 11.5 Å². The van der Waals surface area contributed by atoms with Gasteiger partial charge in [-0.1, -0.05) is 13.8 Å². The van der Waals surface area contributed by atoms with Gasteiger partial charge in [0.05, 0.1) is 6.61 Å². The summed E-state index contributed by atoms with van der Waals surface area (Å²) in [4.78, 5) is 0. The highest BCUT2D eigenvalue weighted by Crippen LogP contribution is 2.38. The highest BCUT2D eigenvalue weighted by molar-refractivity contribution is 5.57. The third-order valence-electron chi connectivity index (χ3n) is 3.16. The topological polar surface area (TPSA) is 29.5 Å². The fourth-order valence-corrected chi connectivity index (χ4v) is 2.28. The van der Waals surface area contributed by atoms with E-state index in [2.05, 4.69) is 13.8 Å². The van der Waals surface area contributed by atoms with E-state index in [9.17, 15) is 5.11 Å². The van der Waals surface area contributed by atoms with Gasteiger partial charge in [0, 0.05) is 11.1 Å². The molecule has 90 valence electrons. The molecule has 0 fully saturated rings. The second-order valence-electron chi connectivity index (χ2n) is 4.02. The predicted molar refractivity (Wildman–Crippen MR) is 67.5 cm³/mol. The molecule has 0 radical (unpaired) electrons. The Hall–Kier alpha value is -1.18. The van der Waals surface area contributed by atoms with Crippen LogP contribution in [-0.2, 0) is 12.8 Å². The summed E-state index contributed by atoms with van der Waals surface area (Å²) in [6, 6.07) is 0. The number of phenols is 1. The minimum Gasteiger partial charge on any atom is -0.507 e. The van der Waals surface area contributed by atoms with E-state index in [0.717, 1.165) is 40.8 Å². The van der Waals surface area contributed by atoms with E-state index in [0.29, 0.717) is 12.4 Å². The van der Waals surface area contributed by atoms with Gasteiger partial charge in [-0.2, -0.15) is 0 Å². The van der Waals surface area contributed by atoms with Gasteiger partial charge in [-0.3, -0.25) is 0 Å². The quantitative estimate of drug-likeness (QED) is 0.844. The van der Waals surface area contributed by atoms with Crippen LogP contribution in [0.15, 0.2) is 0 Å². The number of rotatable bonds is 4. The predicted octanol–water partition coefficient (Wildman–Crippen LogP) is 3.53. The van der Waals surface area contributed by atoms with Crippen LogP contribution in [0.2, 0.25) is 0 Å². The molecule has 1 rings (SSSR count). The van der Waals surface area contributed by atoms with Gasteiger partial charge >= 0.3 is 0 Å². The Morgan fingerprint density at radius 1 is 0.938 bits per heavy atom. The smallest absolute Gasteiger partial charge is 0.126 e. The molecule has 1 aromatic carbocycles. The van der Waals surface area contributed by atoms with Crippen LogP contribution in [0.25, 0.3) is 0 Å². The normalized spacial score (nSPS) is 10.6. The van der Waals surface area contributed by atoms with Crippen molar-refractivity contribution < 1.29 is 9.84 Å². The van der Waals surface area contributed by atoms with Crippen LogP contribution in [-0.4, -0.2) is 11.7 Å². The van der Waals surface area contributed by atoms with Crippen molar-refractivity contribution in [2.75, 3.05) is 6.61 Å². The van der Waals surface area contributed by atoms with Gasteiger partial charge in [-0.15, -0.1) is 0 Å². The number of hydrogen-bond donors (Lipinski definition) is 1. The average molecular weight is 222 g/mol. The molecule has 0 aromatic heterocycles. The van der Waals surface area contributed by atoms with Crippen LogP contribution < -0.4 is 4.74 Å². The first-order chi connectivity index (χ1) is 7.58. The number of hydrogen-bond acceptors (Lipinski definition) is 2. The van der Waals surface area contributed by atoms with Crippen LogP contribution in [0.4, 0.5) is 0 Å². The molecule has 0 aliphatic rings. The van der Waals surface area contributed by atoms with Crippen molar-refractivity contribution in [2.45, 2.75) is 47.5 Å². The van der Waals surface area contributed by atoms with Crippen molar-refractivity contribution >= 4 is 0 Å². The third kappa shape index (κ3) is 2.01. The summed E-state index contributed by atoms with van der Waals surface area (Å²) in [5, 5.41) is 10.1. The lowest BCUT2D eigenvalue weighted by Crippen LogP contribution is -2.04. The van der Waals surface area contributed by atoms with Crippen LogP contribution >= 0.6 is 0 Å². The fourth-order valence-electron chi connectivity index (χ4n) is 2.28. The molecular weight excluding hydrogens is 200 g/mol. The van der Waals surface area contributed by atoms with Gasteiger partial charge in [-0.25, -0.2) is 0 Å². The molecule has 1 N–H and O–H groups in total. The summed E-state index contributed by atoms with van der Waals surface area (Å²) >= 11 is 0. The molecule has 0 atom stereocenters. The minimum atomic E-state index is 0.445. The maximum Gasteiger partial charge on any atom is 0.126 e. The second kappa shape index (κ2) is 5.24. The molecule has 0 spiro atoms. The molecule has 0 saturated heterocycles. The summed E-state index contributed by atoms with van der Waals surface area (Å²) in [6.07, 6.45) is 1.72.